The van der Waals surface area contributed by atoms with Crippen LogP contribution in [0.2, 0.25) is 10.0 Å². The molecule has 2 aliphatic heterocycles. The van der Waals surface area contributed by atoms with Crippen molar-refractivity contribution < 1.29 is 19.4 Å². The summed E-state index contributed by atoms with van der Waals surface area (Å²) < 4.78 is 12.4. The minimum Gasteiger partial charge on any atom is -0.453 e. The number of hydrogen-bond acceptors (Lipinski definition) is 8. The summed E-state index contributed by atoms with van der Waals surface area (Å²) in [7, 11) is 1.39. The smallest absolute Gasteiger partial charge is 0.409 e. The van der Waals surface area contributed by atoms with Gasteiger partial charge in [0.25, 0.3) is 0 Å². The number of carbonyl (C=O) groups is 1. The SMILES string of the molecule is COC(=O)N1CC[C@@H](c2nc3c(Cl)cc(-c4nc(N[C@@H]5CCOC[C@H]5O)ncc4Cl)cc3n2C(C)C)C1. The molecule has 0 aliphatic carbocycles. The number of methoxy groups -OCH3 is 1. The number of imidazole rings is 1. The van der Waals surface area contributed by atoms with Crippen molar-refractivity contribution in [1.29, 1.82) is 0 Å². The third kappa shape index (κ3) is 5.07. The average Bonchev–Trinajstić information content (AvgIpc) is 3.51. The number of halogens is 2. The Morgan fingerprint density at radius 3 is 2.78 bits per heavy atom. The van der Waals surface area contributed by atoms with Gasteiger partial charge in [-0.05, 0) is 38.8 Å². The summed E-state index contributed by atoms with van der Waals surface area (Å²) in [5.74, 6) is 1.33. The minimum absolute atomic E-state index is 0.0674. The van der Waals surface area contributed by atoms with E-state index >= 15 is 0 Å². The minimum atomic E-state index is -0.646. The largest absolute Gasteiger partial charge is 0.453 e. The number of aromatic nitrogens is 4. The van der Waals surface area contributed by atoms with E-state index in [-0.39, 0.29) is 30.7 Å². The Morgan fingerprint density at radius 2 is 2.05 bits per heavy atom. The molecule has 0 radical (unpaired) electrons. The quantitative estimate of drug-likeness (QED) is 0.478. The van der Waals surface area contributed by atoms with E-state index in [9.17, 15) is 9.90 Å². The van der Waals surface area contributed by atoms with Gasteiger partial charge >= 0.3 is 6.09 Å². The fourth-order valence-electron chi connectivity index (χ4n) is 5.10. The highest BCUT2D eigenvalue weighted by Gasteiger charge is 2.32. The number of rotatable bonds is 5. The van der Waals surface area contributed by atoms with Crippen LogP contribution in [0.4, 0.5) is 10.7 Å². The summed E-state index contributed by atoms with van der Waals surface area (Å²) in [6.45, 7) is 6.17. The number of amides is 1. The Kier molecular flexibility index (Phi) is 7.44. The molecule has 0 saturated carbocycles. The highest BCUT2D eigenvalue weighted by molar-refractivity contribution is 6.36. The van der Waals surface area contributed by atoms with E-state index in [2.05, 4.69) is 33.7 Å². The van der Waals surface area contributed by atoms with Gasteiger partial charge in [-0.1, -0.05) is 23.2 Å². The van der Waals surface area contributed by atoms with Gasteiger partial charge in [0.1, 0.15) is 11.3 Å². The van der Waals surface area contributed by atoms with E-state index < -0.39 is 6.10 Å². The van der Waals surface area contributed by atoms with Gasteiger partial charge in [0.05, 0.1) is 53.3 Å². The second-order valence-corrected chi connectivity index (χ2v) is 10.5. The molecule has 2 N–H and O–H groups in total. The maximum absolute atomic E-state index is 12.0. The first kappa shape index (κ1) is 26.0. The number of fused-ring (bicyclic) bond motifs is 1. The molecule has 0 unspecified atom stereocenters. The number of likely N-dealkylation sites (tertiary alicyclic amines) is 1. The Labute approximate surface area is 224 Å². The normalized spacial score (nSPS) is 22.1. The number of carbonyl (C=O) groups excluding carboxylic acids is 1. The molecule has 198 valence electrons. The topological polar surface area (TPSA) is 115 Å². The van der Waals surface area contributed by atoms with E-state index in [4.69, 9.17) is 37.7 Å². The summed E-state index contributed by atoms with van der Waals surface area (Å²) >= 11 is 13.3. The molecule has 12 heteroatoms. The molecule has 3 atom stereocenters. The van der Waals surface area contributed by atoms with Crippen LogP contribution in [0.3, 0.4) is 0 Å². The van der Waals surface area contributed by atoms with Crippen molar-refractivity contribution in [3.63, 3.8) is 0 Å². The molecule has 1 amide bonds. The Balaban J connectivity index is 1.52. The molecule has 0 bridgehead atoms. The number of ether oxygens (including phenoxy) is 2. The monoisotopic (exact) mass is 548 g/mol. The van der Waals surface area contributed by atoms with E-state index in [1.54, 1.807) is 11.1 Å². The molecule has 10 nitrogen and oxygen atoms in total. The maximum Gasteiger partial charge on any atom is 0.409 e. The van der Waals surface area contributed by atoms with Crippen molar-refractivity contribution in [2.45, 2.75) is 50.8 Å². The van der Waals surface area contributed by atoms with Crippen LogP contribution in [0.5, 0.6) is 0 Å². The first-order valence-electron chi connectivity index (χ1n) is 12.4. The van der Waals surface area contributed by atoms with E-state index in [0.29, 0.717) is 53.3 Å². The van der Waals surface area contributed by atoms with Gasteiger partial charge in [0.2, 0.25) is 5.95 Å². The summed E-state index contributed by atoms with van der Waals surface area (Å²) in [4.78, 5) is 27.7. The van der Waals surface area contributed by atoms with Crippen molar-refractivity contribution in [2.75, 3.05) is 38.7 Å². The van der Waals surface area contributed by atoms with E-state index in [1.165, 1.54) is 7.11 Å². The van der Waals surface area contributed by atoms with Gasteiger partial charge in [-0.15, -0.1) is 0 Å². The molecule has 4 heterocycles. The lowest BCUT2D eigenvalue weighted by atomic mass is 10.1. The molecular formula is C25H30Cl2N6O4. The molecule has 0 spiro atoms. The van der Waals surface area contributed by atoms with Crippen molar-refractivity contribution in [3.8, 4) is 11.3 Å². The third-order valence-electron chi connectivity index (χ3n) is 6.94. The Bertz CT molecular complexity index is 1320. The number of hydrogen-bond donors (Lipinski definition) is 2. The number of benzene rings is 1. The van der Waals surface area contributed by atoms with Gasteiger partial charge in [-0.2, -0.15) is 0 Å². The number of nitrogens with zero attached hydrogens (tertiary/aromatic N) is 5. The second kappa shape index (κ2) is 10.6. The van der Waals surface area contributed by atoms with Gasteiger partial charge in [-0.3, -0.25) is 0 Å². The Hall–Kier alpha value is -2.66. The molecule has 2 aliphatic rings. The summed E-state index contributed by atoms with van der Waals surface area (Å²) in [6.07, 6.45) is 2.00. The van der Waals surface area contributed by atoms with E-state index in [1.807, 2.05) is 12.1 Å². The molecule has 2 saturated heterocycles. The van der Waals surface area contributed by atoms with Crippen LogP contribution in [0.1, 0.15) is 44.5 Å². The lowest BCUT2D eigenvalue weighted by Gasteiger charge is -2.28. The highest BCUT2D eigenvalue weighted by Crippen LogP contribution is 2.38. The van der Waals surface area contributed by atoms with Crippen molar-refractivity contribution in [1.82, 2.24) is 24.4 Å². The summed E-state index contributed by atoms with van der Waals surface area (Å²) in [5, 5.41) is 14.3. The van der Waals surface area contributed by atoms with Crippen LogP contribution in [0.15, 0.2) is 18.3 Å². The zero-order valence-corrected chi connectivity index (χ0v) is 22.5. The summed E-state index contributed by atoms with van der Waals surface area (Å²) in [6, 6.07) is 3.69. The lowest BCUT2D eigenvalue weighted by Crippen LogP contribution is -2.42. The fraction of sp³-hybridized carbons (Fsp3) is 0.520. The summed E-state index contributed by atoms with van der Waals surface area (Å²) in [5.41, 5.74) is 2.82. The van der Waals surface area contributed by atoms with E-state index in [0.717, 1.165) is 23.3 Å². The lowest BCUT2D eigenvalue weighted by molar-refractivity contribution is -0.0136. The van der Waals surface area contributed by atoms with Gasteiger partial charge in [0.15, 0.2) is 0 Å². The molecule has 37 heavy (non-hydrogen) atoms. The van der Waals surface area contributed by atoms with Gasteiger partial charge in [-0.25, -0.2) is 19.7 Å². The molecule has 2 aromatic heterocycles. The number of aliphatic hydroxyl groups is 1. The zero-order chi connectivity index (χ0) is 26.3. The fourth-order valence-corrected chi connectivity index (χ4v) is 5.56. The van der Waals surface area contributed by atoms with Crippen LogP contribution in [-0.2, 0) is 9.47 Å². The second-order valence-electron chi connectivity index (χ2n) is 9.73. The molecule has 3 aromatic rings. The maximum atomic E-state index is 12.0. The van der Waals surface area contributed by atoms with Crippen LogP contribution in [0, 0.1) is 0 Å². The Morgan fingerprint density at radius 1 is 1.24 bits per heavy atom. The van der Waals surface area contributed by atoms with Crippen molar-refractivity contribution in [2.24, 2.45) is 0 Å². The third-order valence-corrected chi connectivity index (χ3v) is 7.50. The predicted molar refractivity (Wildman–Crippen MR) is 141 cm³/mol. The number of nitrogens with one attached hydrogen (secondary N) is 1. The number of anilines is 1. The zero-order valence-electron chi connectivity index (χ0n) is 20.9. The van der Waals surface area contributed by atoms with Crippen LogP contribution >= 0.6 is 23.2 Å². The first-order chi connectivity index (χ1) is 17.8. The van der Waals surface area contributed by atoms with Crippen LogP contribution in [-0.4, -0.2) is 81.2 Å². The molecule has 5 rings (SSSR count). The standard InChI is InChI=1S/C25H30Cl2N6O4/c1-13(2)33-19-9-15(21-17(27)10-28-24(31-21)29-18-5-7-37-12-20(18)34)8-16(26)22(19)30-23(33)14-4-6-32(11-14)25(35)36-3/h8-10,13-14,18,20,34H,4-7,11-12H2,1-3H3,(H,28,29,31)/t14-,18-,20-/m1/s1. The number of aliphatic hydroxyl groups excluding tert-OH is 1. The molecular weight excluding hydrogens is 519 g/mol. The predicted octanol–water partition coefficient (Wildman–Crippen LogP) is 4.50. The molecule has 2 fully saturated rings. The van der Waals surface area contributed by atoms with Crippen molar-refractivity contribution in [3.05, 3.63) is 34.2 Å². The van der Waals surface area contributed by atoms with Gasteiger partial charge in [0, 0.05) is 37.2 Å². The first-order valence-corrected chi connectivity index (χ1v) is 13.1. The molecule has 1 aromatic carbocycles. The van der Waals surface area contributed by atoms with Crippen LogP contribution in [0.25, 0.3) is 22.3 Å². The average molecular weight is 549 g/mol. The van der Waals surface area contributed by atoms with Gasteiger partial charge < -0.3 is 29.4 Å². The van der Waals surface area contributed by atoms with Crippen molar-refractivity contribution >= 4 is 46.3 Å². The highest BCUT2D eigenvalue weighted by atomic mass is 35.5. The van der Waals surface area contributed by atoms with Crippen LogP contribution < -0.4 is 5.32 Å².